The van der Waals surface area contributed by atoms with Gasteiger partial charge in [0.1, 0.15) is 6.73 Å². The predicted molar refractivity (Wildman–Crippen MR) is 42.9 cm³/mol. The van der Waals surface area contributed by atoms with Crippen LogP contribution in [-0.4, -0.2) is 30.0 Å². The second-order valence-corrected chi connectivity index (χ2v) is 2.77. The summed E-state index contributed by atoms with van der Waals surface area (Å²) >= 11 is 0. The highest BCUT2D eigenvalue weighted by Gasteiger charge is 2.15. The second-order valence-electron chi connectivity index (χ2n) is 2.77. The third-order valence-corrected chi connectivity index (χ3v) is 1.08. The van der Waals surface area contributed by atoms with Crippen LogP contribution >= 0.6 is 0 Å². The quantitative estimate of drug-likeness (QED) is 0.364. The minimum atomic E-state index is -0.584. The molecule has 0 radical (unpaired) electrons. The zero-order valence-electron chi connectivity index (χ0n) is 6.87. The van der Waals surface area contributed by atoms with Crippen LogP contribution in [0.15, 0.2) is 4.99 Å². The Hall–Kier alpha value is -0.810. The molecule has 0 aromatic rings. The number of aliphatic imine (C=N–C) groups is 1. The molecule has 0 aromatic carbocycles. The van der Waals surface area contributed by atoms with Gasteiger partial charge in [0, 0.05) is 0 Å². The molecule has 0 unspecified atom stereocenters. The molecule has 0 heterocycles. The highest BCUT2D eigenvalue weighted by Crippen LogP contribution is 2.06. The molecule has 0 rings (SSSR count). The van der Waals surface area contributed by atoms with Crippen LogP contribution in [0.2, 0.25) is 0 Å². The smallest absolute Gasteiger partial charge is 0.188 e. The number of hydrogen-bond acceptors (Lipinski definition) is 3. The van der Waals surface area contributed by atoms with Gasteiger partial charge < -0.3 is 21.3 Å². The zero-order valence-corrected chi connectivity index (χ0v) is 6.87. The van der Waals surface area contributed by atoms with E-state index in [-0.39, 0.29) is 19.3 Å². The average Bonchev–Trinajstić information content (AvgIpc) is 1.87. The Morgan fingerprint density at radius 1 is 1.55 bits per heavy atom. The van der Waals surface area contributed by atoms with Crippen molar-refractivity contribution in [2.24, 2.45) is 16.5 Å². The van der Waals surface area contributed by atoms with Gasteiger partial charge in [0.15, 0.2) is 5.96 Å². The normalized spacial score (nSPS) is 11.2. The number of aliphatic hydroxyl groups excluding tert-OH is 1. The maximum absolute atomic E-state index is 8.72. The van der Waals surface area contributed by atoms with Gasteiger partial charge in [-0.2, -0.15) is 0 Å². The Bertz CT molecular complexity index is 141. The van der Waals surface area contributed by atoms with Crippen molar-refractivity contribution in [2.45, 2.75) is 19.4 Å². The first-order valence-corrected chi connectivity index (χ1v) is 3.28. The molecule has 0 saturated carbocycles. The highest BCUT2D eigenvalue weighted by molar-refractivity contribution is 5.75. The van der Waals surface area contributed by atoms with E-state index in [1.54, 1.807) is 13.8 Å². The number of rotatable bonds is 4. The Balaban J connectivity index is 3.62. The van der Waals surface area contributed by atoms with Crippen molar-refractivity contribution in [2.75, 3.05) is 13.3 Å². The van der Waals surface area contributed by atoms with Gasteiger partial charge in [0.25, 0.3) is 0 Å². The van der Waals surface area contributed by atoms with Crippen LogP contribution in [0.5, 0.6) is 0 Å². The second kappa shape index (κ2) is 4.15. The van der Waals surface area contributed by atoms with Gasteiger partial charge in [-0.15, -0.1) is 0 Å². The minimum absolute atomic E-state index is 0.0151. The fourth-order valence-corrected chi connectivity index (χ4v) is 0.327. The Labute approximate surface area is 66.0 Å². The molecule has 0 atom stereocenters. The van der Waals surface area contributed by atoms with E-state index in [2.05, 4.69) is 4.99 Å². The first kappa shape index (κ1) is 10.2. The molecule has 5 nitrogen and oxygen atoms in total. The third-order valence-electron chi connectivity index (χ3n) is 1.08. The number of hydrogen-bond donors (Lipinski definition) is 3. The van der Waals surface area contributed by atoms with Gasteiger partial charge in [-0.1, -0.05) is 0 Å². The molecule has 0 aliphatic rings. The zero-order chi connectivity index (χ0) is 8.91. The lowest BCUT2D eigenvalue weighted by Gasteiger charge is -2.20. The fraction of sp³-hybridized carbons (Fsp3) is 0.833. The summed E-state index contributed by atoms with van der Waals surface area (Å²) in [5.41, 5.74) is 9.51. The van der Waals surface area contributed by atoms with Gasteiger partial charge in [0.05, 0.1) is 12.2 Å². The molecule has 0 aliphatic heterocycles. The molecule has 5 heteroatoms. The van der Waals surface area contributed by atoms with E-state index in [9.17, 15) is 0 Å². The van der Waals surface area contributed by atoms with Crippen LogP contribution in [0.3, 0.4) is 0 Å². The summed E-state index contributed by atoms with van der Waals surface area (Å²) < 4.78 is 5.09. The van der Waals surface area contributed by atoms with Crippen LogP contribution < -0.4 is 11.5 Å². The average molecular weight is 161 g/mol. The number of nitrogens with zero attached hydrogens (tertiary/aromatic N) is 1. The lowest BCUT2D eigenvalue weighted by molar-refractivity contribution is -0.0500. The lowest BCUT2D eigenvalue weighted by Crippen LogP contribution is -2.30. The van der Waals surface area contributed by atoms with E-state index < -0.39 is 5.60 Å². The van der Waals surface area contributed by atoms with Crippen molar-refractivity contribution < 1.29 is 9.84 Å². The Morgan fingerprint density at radius 3 is 2.45 bits per heavy atom. The molecule has 0 amide bonds. The van der Waals surface area contributed by atoms with E-state index in [0.29, 0.717) is 0 Å². The monoisotopic (exact) mass is 161 g/mol. The SMILES string of the molecule is CC(C)(CO)OCN=C(N)N. The van der Waals surface area contributed by atoms with Crippen LogP contribution in [0.1, 0.15) is 13.8 Å². The number of guanidine groups is 1. The molecule has 66 valence electrons. The van der Waals surface area contributed by atoms with Crippen molar-refractivity contribution in [1.29, 1.82) is 0 Å². The van der Waals surface area contributed by atoms with Gasteiger partial charge >= 0.3 is 0 Å². The molecule has 5 N–H and O–H groups in total. The first-order valence-electron chi connectivity index (χ1n) is 3.28. The van der Waals surface area contributed by atoms with Crippen LogP contribution in [0.25, 0.3) is 0 Å². The summed E-state index contributed by atoms with van der Waals surface area (Å²) in [4.78, 5) is 3.60. The maximum Gasteiger partial charge on any atom is 0.188 e. The van der Waals surface area contributed by atoms with E-state index >= 15 is 0 Å². The summed E-state index contributed by atoms with van der Waals surface area (Å²) in [7, 11) is 0. The number of nitrogens with two attached hydrogens (primary N) is 2. The predicted octanol–water partition coefficient (Wildman–Crippen LogP) is -0.995. The number of aliphatic hydroxyl groups is 1. The summed E-state index contributed by atoms with van der Waals surface area (Å²) in [5.74, 6) is -0.0151. The molecule has 0 spiro atoms. The fourth-order valence-electron chi connectivity index (χ4n) is 0.327. The Kier molecular flexibility index (Phi) is 3.84. The summed E-state index contributed by atoms with van der Waals surface area (Å²) in [6, 6.07) is 0. The Morgan fingerprint density at radius 2 is 2.09 bits per heavy atom. The van der Waals surface area contributed by atoms with Gasteiger partial charge in [-0.25, -0.2) is 4.99 Å². The van der Waals surface area contributed by atoms with Crippen molar-refractivity contribution in [3.8, 4) is 0 Å². The summed E-state index contributed by atoms with van der Waals surface area (Å²) in [6.07, 6.45) is 0. The molecule has 0 bridgehead atoms. The highest BCUT2D eigenvalue weighted by atomic mass is 16.5. The van der Waals surface area contributed by atoms with Crippen LogP contribution in [0, 0.1) is 0 Å². The van der Waals surface area contributed by atoms with Gasteiger partial charge in [-0.3, -0.25) is 0 Å². The molecule has 0 aromatic heterocycles. The van der Waals surface area contributed by atoms with Crippen molar-refractivity contribution in [3.63, 3.8) is 0 Å². The molecular formula is C6H15N3O2. The lowest BCUT2D eigenvalue weighted by atomic mass is 10.2. The standard InChI is InChI=1S/C6H15N3O2/c1-6(2,3-10)11-4-9-5(7)8/h10H,3-4H2,1-2H3,(H4,7,8,9). The van der Waals surface area contributed by atoms with Crippen molar-refractivity contribution >= 4 is 5.96 Å². The van der Waals surface area contributed by atoms with Gasteiger partial charge in [-0.05, 0) is 13.8 Å². The topological polar surface area (TPSA) is 93.9 Å². The summed E-state index contributed by atoms with van der Waals surface area (Å²) in [6.45, 7) is 3.51. The number of ether oxygens (including phenoxy) is 1. The molecule has 0 saturated heterocycles. The van der Waals surface area contributed by atoms with Gasteiger partial charge in [0.2, 0.25) is 0 Å². The largest absolute Gasteiger partial charge is 0.393 e. The minimum Gasteiger partial charge on any atom is -0.393 e. The van der Waals surface area contributed by atoms with E-state index in [1.165, 1.54) is 0 Å². The van der Waals surface area contributed by atoms with Crippen LogP contribution in [0.4, 0.5) is 0 Å². The van der Waals surface area contributed by atoms with Crippen molar-refractivity contribution in [3.05, 3.63) is 0 Å². The van der Waals surface area contributed by atoms with Crippen molar-refractivity contribution in [1.82, 2.24) is 0 Å². The molecule has 11 heavy (non-hydrogen) atoms. The van der Waals surface area contributed by atoms with E-state index in [1.807, 2.05) is 0 Å². The maximum atomic E-state index is 8.72. The molecule has 0 aliphatic carbocycles. The summed E-state index contributed by atoms with van der Waals surface area (Å²) in [5, 5.41) is 8.72. The first-order chi connectivity index (χ1) is 4.98. The van der Waals surface area contributed by atoms with Crippen LogP contribution in [-0.2, 0) is 4.74 Å². The van der Waals surface area contributed by atoms with E-state index in [4.69, 9.17) is 21.3 Å². The molecule has 0 fully saturated rings. The molecular weight excluding hydrogens is 146 g/mol. The van der Waals surface area contributed by atoms with E-state index in [0.717, 1.165) is 0 Å². The third kappa shape index (κ3) is 5.63.